The predicted octanol–water partition coefficient (Wildman–Crippen LogP) is 1.75. The van der Waals surface area contributed by atoms with E-state index in [1.807, 2.05) is 19.2 Å². The van der Waals surface area contributed by atoms with Crippen LogP contribution < -0.4 is 15.0 Å². The minimum atomic E-state index is 0.497. The molecule has 0 amide bonds. The van der Waals surface area contributed by atoms with Gasteiger partial charge in [-0.2, -0.15) is 0 Å². The number of benzene rings is 1. The number of rotatable bonds is 6. The molecule has 2 heterocycles. The summed E-state index contributed by atoms with van der Waals surface area (Å²) in [5.74, 6) is 2.50. The van der Waals surface area contributed by atoms with E-state index in [9.17, 15) is 0 Å². The van der Waals surface area contributed by atoms with Crippen LogP contribution in [0.15, 0.2) is 29.3 Å². The zero-order valence-electron chi connectivity index (χ0n) is 18.4. The Balaban J connectivity index is 1.51. The van der Waals surface area contributed by atoms with Gasteiger partial charge in [0.15, 0.2) is 5.96 Å². The Morgan fingerprint density at radius 2 is 1.72 bits per heavy atom. The van der Waals surface area contributed by atoms with Crippen molar-refractivity contribution < 1.29 is 9.47 Å². The van der Waals surface area contributed by atoms with Gasteiger partial charge in [0.05, 0.1) is 20.3 Å². The summed E-state index contributed by atoms with van der Waals surface area (Å²) in [5.41, 5.74) is 1.25. The third kappa shape index (κ3) is 5.76. The largest absolute Gasteiger partial charge is 0.497 e. The molecule has 162 valence electrons. The number of methoxy groups -OCH3 is 1. The quantitative estimate of drug-likeness (QED) is 0.577. The number of nitrogens with one attached hydrogen (secondary N) is 1. The van der Waals surface area contributed by atoms with E-state index in [0.717, 1.165) is 70.7 Å². The minimum absolute atomic E-state index is 0.497. The second-order valence-corrected chi connectivity index (χ2v) is 8.06. The number of nitrogens with zero attached hydrogens (tertiary/aromatic N) is 4. The topological polar surface area (TPSA) is 52.6 Å². The number of aliphatic imine (C=N–C) groups is 1. The maximum absolute atomic E-state index is 5.53. The fraction of sp³-hybridized carbons (Fsp3) is 0.682. The molecule has 0 spiro atoms. The van der Waals surface area contributed by atoms with Gasteiger partial charge in [-0.25, -0.2) is 0 Å². The second kappa shape index (κ2) is 10.7. The summed E-state index contributed by atoms with van der Waals surface area (Å²) in [6.45, 7) is 13.2. The van der Waals surface area contributed by atoms with Gasteiger partial charge >= 0.3 is 0 Å². The lowest BCUT2D eigenvalue weighted by atomic mass is 10.0. The standard InChI is InChI=1S/C22H37N5O2/c1-18(2)21(26-13-15-29-16-14-26)17-24-22(23-3)27-11-9-25(10-12-27)19-5-7-20(28-4)8-6-19/h5-8,18,21H,9-17H2,1-4H3,(H,23,24). The molecule has 2 saturated heterocycles. The van der Waals surface area contributed by atoms with Gasteiger partial charge in [-0.15, -0.1) is 0 Å². The monoisotopic (exact) mass is 403 g/mol. The molecule has 7 nitrogen and oxygen atoms in total. The average molecular weight is 404 g/mol. The van der Waals surface area contributed by atoms with E-state index in [2.05, 4.69) is 51.0 Å². The molecular weight excluding hydrogens is 366 g/mol. The maximum atomic E-state index is 5.53. The normalized spacial score (nSPS) is 20.1. The van der Waals surface area contributed by atoms with Crippen molar-refractivity contribution in [1.82, 2.24) is 15.1 Å². The van der Waals surface area contributed by atoms with Crippen molar-refractivity contribution in [1.29, 1.82) is 0 Å². The summed E-state index contributed by atoms with van der Waals surface area (Å²) in [6, 6.07) is 8.82. The number of ether oxygens (including phenoxy) is 2. The van der Waals surface area contributed by atoms with Crippen LogP contribution in [0.4, 0.5) is 5.69 Å². The maximum Gasteiger partial charge on any atom is 0.193 e. The predicted molar refractivity (Wildman–Crippen MR) is 119 cm³/mol. The molecule has 1 unspecified atom stereocenters. The van der Waals surface area contributed by atoms with Gasteiger partial charge in [0, 0.05) is 64.6 Å². The van der Waals surface area contributed by atoms with Gasteiger partial charge in [0.1, 0.15) is 5.75 Å². The van der Waals surface area contributed by atoms with Crippen LogP contribution in [0.3, 0.4) is 0 Å². The number of hydrogen-bond acceptors (Lipinski definition) is 5. The second-order valence-electron chi connectivity index (χ2n) is 8.06. The summed E-state index contributed by atoms with van der Waals surface area (Å²) in [4.78, 5) is 11.9. The molecule has 3 rings (SSSR count). The first kappa shape index (κ1) is 21.7. The fourth-order valence-corrected chi connectivity index (χ4v) is 4.19. The number of piperazine rings is 1. The molecule has 1 atom stereocenters. The highest BCUT2D eigenvalue weighted by atomic mass is 16.5. The van der Waals surface area contributed by atoms with Gasteiger partial charge in [-0.1, -0.05) is 13.8 Å². The van der Waals surface area contributed by atoms with Crippen LogP contribution in [0, 0.1) is 5.92 Å². The molecule has 0 aliphatic carbocycles. The van der Waals surface area contributed by atoms with E-state index in [4.69, 9.17) is 9.47 Å². The first-order valence-electron chi connectivity index (χ1n) is 10.8. The highest BCUT2D eigenvalue weighted by molar-refractivity contribution is 5.80. The van der Waals surface area contributed by atoms with Crippen LogP contribution in [0.25, 0.3) is 0 Å². The first-order valence-corrected chi connectivity index (χ1v) is 10.8. The molecule has 0 aromatic heterocycles. The van der Waals surface area contributed by atoms with Crippen LogP contribution in [0.2, 0.25) is 0 Å². The van der Waals surface area contributed by atoms with E-state index >= 15 is 0 Å². The SMILES string of the molecule is CN=C(NCC(C(C)C)N1CCOCC1)N1CCN(c2ccc(OC)cc2)CC1. The molecular formula is C22H37N5O2. The number of anilines is 1. The van der Waals surface area contributed by atoms with Gasteiger partial charge in [-0.3, -0.25) is 9.89 Å². The van der Waals surface area contributed by atoms with Crippen LogP contribution in [0.5, 0.6) is 5.75 Å². The Hall–Kier alpha value is -1.99. The molecule has 0 bridgehead atoms. The van der Waals surface area contributed by atoms with E-state index in [-0.39, 0.29) is 0 Å². The zero-order valence-corrected chi connectivity index (χ0v) is 18.4. The van der Waals surface area contributed by atoms with Crippen molar-refractivity contribution in [3.05, 3.63) is 24.3 Å². The molecule has 1 N–H and O–H groups in total. The van der Waals surface area contributed by atoms with Crippen LogP contribution >= 0.6 is 0 Å². The fourth-order valence-electron chi connectivity index (χ4n) is 4.19. The van der Waals surface area contributed by atoms with Gasteiger partial charge < -0.3 is 24.6 Å². The number of morpholine rings is 1. The lowest BCUT2D eigenvalue weighted by Crippen LogP contribution is -2.56. The number of guanidine groups is 1. The van der Waals surface area contributed by atoms with E-state index in [1.54, 1.807) is 7.11 Å². The molecule has 1 aromatic rings. The molecule has 1 aromatic carbocycles. The molecule has 2 fully saturated rings. The number of hydrogen-bond donors (Lipinski definition) is 1. The van der Waals surface area contributed by atoms with Crippen molar-refractivity contribution in [2.24, 2.45) is 10.9 Å². The third-order valence-corrected chi connectivity index (χ3v) is 5.98. The van der Waals surface area contributed by atoms with Gasteiger partial charge in [0.25, 0.3) is 0 Å². The van der Waals surface area contributed by atoms with Crippen molar-refractivity contribution >= 4 is 11.6 Å². The summed E-state index contributed by atoms with van der Waals surface area (Å²) >= 11 is 0. The van der Waals surface area contributed by atoms with Crippen molar-refractivity contribution in [2.75, 3.05) is 78.1 Å². The van der Waals surface area contributed by atoms with Crippen LogP contribution in [-0.2, 0) is 4.74 Å². The summed E-state index contributed by atoms with van der Waals surface area (Å²) in [7, 11) is 3.59. The van der Waals surface area contributed by atoms with Gasteiger partial charge in [0.2, 0.25) is 0 Å². The minimum Gasteiger partial charge on any atom is -0.497 e. The van der Waals surface area contributed by atoms with Crippen LogP contribution in [0.1, 0.15) is 13.8 Å². The molecule has 0 saturated carbocycles. The highest BCUT2D eigenvalue weighted by Gasteiger charge is 2.25. The lowest BCUT2D eigenvalue weighted by Gasteiger charge is -2.40. The summed E-state index contributed by atoms with van der Waals surface area (Å²) in [6.07, 6.45) is 0. The third-order valence-electron chi connectivity index (χ3n) is 5.98. The van der Waals surface area contributed by atoms with E-state index in [0.29, 0.717) is 12.0 Å². The van der Waals surface area contributed by atoms with Crippen molar-refractivity contribution in [3.8, 4) is 5.75 Å². The lowest BCUT2D eigenvalue weighted by molar-refractivity contribution is 0.00739. The molecule has 29 heavy (non-hydrogen) atoms. The molecule has 7 heteroatoms. The van der Waals surface area contributed by atoms with Crippen molar-refractivity contribution in [2.45, 2.75) is 19.9 Å². The molecule has 2 aliphatic rings. The smallest absolute Gasteiger partial charge is 0.193 e. The molecule has 2 aliphatic heterocycles. The Morgan fingerprint density at radius 3 is 2.28 bits per heavy atom. The van der Waals surface area contributed by atoms with E-state index in [1.165, 1.54) is 5.69 Å². The average Bonchev–Trinajstić information content (AvgIpc) is 2.77. The Morgan fingerprint density at radius 1 is 1.07 bits per heavy atom. The van der Waals surface area contributed by atoms with Crippen LogP contribution in [-0.4, -0.2) is 95.0 Å². The van der Waals surface area contributed by atoms with Gasteiger partial charge in [-0.05, 0) is 30.2 Å². The van der Waals surface area contributed by atoms with E-state index < -0.39 is 0 Å². The summed E-state index contributed by atoms with van der Waals surface area (Å²) < 4.78 is 10.8. The Labute approximate surface area is 175 Å². The van der Waals surface area contributed by atoms with Crippen molar-refractivity contribution in [3.63, 3.8) is 0 Å². The Kier molecular flexibility index (Phi) is 8.00. The highest BCUT2D eigenvalue weighted by Crippen LogP contribution is 2.20. The Bertz CT molecular complexity index is 635. The first-order chi connectivity index (χ1) is 14.1. The summed E-state index contributed by atoms with van der Waals surface area (Å²) in [5, 5.41) is 3.65. The zero-order chi connectivity index (χ0) is 20.6. The molecule has 0 radical (unpaired) electrons.